The first kappa shape index (κ1) is 42.0. The zero-order valence-corrected chi connectivity index (χ0v) is 36.8. The Bertz CT molecular complexity index is 2820. The number of benzene rings is 4. The lowest BCUT2D eigenvalue weighted by molar-refractivity contribution is -0.142. The van der Waals surface area contributed by atoms with Crippen LogP contribution in [-0.2, 0) is 30.4 Å². The van der Waals surface area contributed by atoms with Gasteiger partial charge in [-0.3, -0.25) is 9.59 Å². The Morgan fingerprint density at radius 3 is 2.54 bits per heavy atom. The van der Waals surface area contributed by atoms with Gasteiger partial charge in [0.15, 0.2) is 0 Å². The summed E-state index contributed by atoms with van der Waals surface area (Å²) in [5.41, 5.74) is 7.17. The van der Waals surface area contributed by atoms with Crippen LogP contribution in [-0.4, -0.2) is 100 Å². The second-order valence-corrected chi connectivity index (χ2v) is 17.7. The van der Waals surface area contributed by atoms with E-state index < -0.39 is 24.3 Å². The van der Waals surface area contributed by atoms with Crippen molar-refractivity contribution in [2.24, 2.45) is 11.8 Å². The Hall–Kier alpha value is -6.94. The number of imidazole rings is 2. The second kappa shape index (κ2) is 17.2. The van der Waals surface area contributed by atoms with E-state index in [2.05, 4.69) is 57.0 Å². The summed E-state index contributed by atoms with van der Waals surface area (Å²) >= 11 is 0. The first-order valence-electron chi connectivity index (χ1n) is 22.3. The zero-order valence-electron chi connectivity index (χ0n) is 36.8. The van der Waals surface area contributed by atoms with Gasteiger partial charge in [-0.15, -0.1) is 0 Å². The fourth-order valence-corrected chi connectivity index (χ4v) is 10.6. The summed E-state index contributed by atoms with van der Waals surface area (Å²) in [5, 5.41) is 7.47. The molecular weight excluding hydrogens is 829 g/mol. The third kappa shape index (κ3) is 7.68. The molecule has 4 aliphatic heterocycles. The number of hydrogen-bond acceptors (Lipinski definition) is 10. The highest BCUT2D eigenvalue weighted by Crippen LogP contribution is 2.45. The number of methoxy groups -OCH3 is 3. The molecule has 1 unspecified atom stereocenters. The predicted molar refractivity (Wildman–Crippen MR) is 247 cm³/mol. The number of carbonyl (C=O) groups is 4. The maximum Gasteiger partial charge on any atom is 0.407 e. The van der Waals surface area contributed by atoms with Gasteiger partial charge >= 0.3 is 12.2 Å². The summed E-state index contributed by atoms with van der Waals surface area (Å²) in [7, 11) is 4.27. The van der Waals surface area contributed by atoms with E-state index >= 15 is 0 Å². The fraction of sp³-hybridized carbons (Fsp3) is 0.388. The van der Waals surface area contributed by atoms with Crippen molar-refractivity contribution in [1.29, 1.82) is 0 Å². The lowest BCUT2D eigenvalue weighted by Gasteiger charge is -2.41. The number of piperidine rings is 2. The smallest absolute Gasteiger partial charge is 0.407 e. The van der Waals surface area contributed by atoms with Crippen LogP contribution in [0.1, 0.15) is 84.2 Å². The van der Waals surface area contributed by atoms with E-state index in [1.54, 1.807) is 13.3 Å². The molecule has 4 amide bonds. The summed E-state index contributed by atoms with van der Waals surface area (Å²) in [4.78, 5) is 73.6. The topological polar surface area (TPSA) is 193 Å². The number of aromatic nitrogens is 4. The molecule has 0 spiro atoms. The minimum Gasteiger partial charge on any atom is -0.488 e. The van der Waals surface area contributed by atoms with E-state index in [-0.39, 0.29) is 46.1 Å². The summed E-state index contributed by atoms with van der Waals surface area (Å²) in [5.74, 6) is 2.01. The first-order valence-corrected chi connectivity index (χ1v) is 22.3. The van der Waals surface area contributed by atoms with Crippen LogP contribution in [0.4, 0.5) is 9.59 Å². The third-order valence-corrected chi connectivity index (χ3v) is 13.8. The number of hydrogen-bond donors (Lipinski definition) is 4. The van der Waals surface area contributed by atoms with E-state index in [4.69, 9.17) is 28.9 Å². The van der Waals surface area contributed by atoms with Crippen LogP contribution in [0.15, 0.2) is 79.0 Å². The number of amides is 4. The molecule has 65 heavy (non-hydrogen) atoms. The van der Waals surface area contributed by atoms with Crippen LogP contribution in [0.25, 0.3) is 44.2 Å². The van der Waals surface area contributed by atoms with Crippen LogP contribution < -0.4 is 15.4 Å². The Labute approximate surface area is 379 Å². The molecule has 6 aromatic rings. The molecule has 0 radical (unpaired) electrons. The Morgan fingerprint density at radius 1 is 0.908 bits per heavy atom. The molecule has 16 heteroatoms. The molecule has 0 bridgehead atoms. The number of ether oxygens (including phenoxy) is 4. The van der Waals surface area contributed by atoms with Gasteiger partial charge in [-0.1, -0.05) is 55.5 Å². The molecule has 16 nitrogen and oxygen atoms in total. The quantitative estimate of drug-likeness (QED) is 0.110. The molecule has 0 aliphatic carbocycles. The van der Waals surface area contributed by atoms with Crippen molar-refractivity contribution in [3.8, 4) is 28.1 Å². The van der Waals surface area contributed by atoms with Crippen molar-refractivity contribution in [3.05, 3.63) is 102 Å². The van der Waals surface area contributed by atoms with Gasteiger partial charge in [-0.25, -0.2) is 19.6 Å². The van der Waals surface area contributed by atoms with Crippen molar-refractivity contribution in [1.82, 2.24) is 40.4 Å². The van der Waals surface area contributed by atoms with Crippen LogP contribution in [0.3, 0.4) is 0 Å². The number of rotatable bonds is 9. The molecule has 4 N–H and O–H groups in total. The zero-order chi connectivity index (χ0) is 44.9. The molecule has 0 saturated carbocycles. The van der Waals surface area contributed by atoms with Gasteiger partial charge in [0.2, 0.25) is 5.91 Å². The number of fused-ring (bicyclic) bond motifs is 7. The van der Waals surface area contributed by atoms with E-state index in [9.17, 15) is 19.2 Å². The van der Waals surface area contributed by atoms with Crippen molar-refractivity contribution in [3.63, 3.8) is 0 Å². The number of nitrogens with one attached hydrogen (secondary N) is 4. The minimum atomic E-state index is -0.939. The molecule has 4 aliphatic rings. The van der Waals surface area contributed by atoms with Crippen molar-refractivity contribution in [2.45, 2.75) is 75.8 Å². The van der Waals surface area contributed by atoms with Gasteiger partial charge in [-0.05, 0) is 95.8 Å². The summed E-state index contributed by atoms with van der Waals surface area (Å²) in [6.45, 7) is 3.39. The maximum absolute atomic E-state index is 14.4. The number of likely N-dealkylation sites (tertiary alicyclic amines) is 1. The second-order valence-electron chi connectivity index (χ2n) is 17.7. The Morgan fingerprint density at radius 2 is 1.74 bits per heavy atom. The molecule has 10 rings (SSSR count). The van der Waals surface area contributed by atoms with Crippen molar-refractivity contribution < 1.29 is 42.4 Å². The Kier molecular flexibility index (Phi) is 11.1. The summed E-state index contributed by atoms with van der Waals surface area (Å²) in [6.07, 6.45) is 4.34. The van der Waals surface area contributed by atoms with Gasteiger partial charge in [-0.2, -0.15) is 0 Å². The third-order valence-electron chi connectivity index (χ3n) is 13.8. The molecule has 342 valence electrons. The average Bonchev–Trinajstić information content (AvgIpc) is 4.11. The van der Waals surface area contributed by atoms with Crippen LogP contribution in [0.5, 0.6) is 5.75 Å². The molecular formula is C49H58N8O8. The van der Waals surface area contributed by atoms with Crippen molar-refractivity contribution >= 4 is 45.8 Å². The lowest BCUT2D eigenvalue weighted by atomic mass is 9.88. The van der Waals surface area contributed by atoms with Gasteiger partial charge in [0.1, 0.15) is 36.1 Å². The van der Waals surface area contributed by atoms with Crippen molar-refractivity contribution in [2.75, 3.05) is 34.5 Å². The highest BCUT2D eigenvalue weighted by Gasteiger charge is 2.48. The minimum absolute atomic E-state index is 0. The molecule has 6 heterocycles. The molecule has 3 fully saturated rings. The number of nitrogens with zero attached hydrogens (tertiary/aromatic N) is 4. The standard InChI is InChI=1S/C49H52N8O8.3H2/c1-26-18-32-12-15-38(57(32)47(59)41(26)54-48(60)63-3)45-51-36-14-11-29-21-35-33-13-10-30(20-31(33)25-65-40(35)22-34(29)43(36)53-45)37-23-50-44(52-37)39-19-27(24-62-2)16-17-56(39)46(58)42(55-49(61)64-4)28-8-6-5-7-9-28;;;/h5-11,13-14,20-23,26-27,32,38-39,41-42H,12,15-19,24-25H2,1-4H3,(H,50,52)(H,51,53)(H,54,60)(H,55,61);3*1H/t26?,27-,32-,38+,39+,41+,42-;;;/m1.../s1. The highest BCUT2D eigenvalue weighted by atomic mass is 16.5. The Balaban J connectivity index is 0.00000228. The van der Waals surface area contributed by atoms with Crippen LogP contribution in [0.2, 0.25) is 0 Å². The maximum atomic E-state index is 14.4. The lowest BCUT2D eigenvalue weighted by Crippen LogP contribution is -2.58. The van der Waals surface area contributed by atoms with Crippen LogP contribution >= 0.6 is 0 Å². The van der Waals surface area contributed by atoms with Gasteiger partial charge in [0.05, 0.1) is 49.2 Å². The molecule has 4 aromatic carbocycles. The highest BCUT2D eigenvalue weighted by molar-refractivity contribution is 6.07. The number of alkyl carbamates (subject to hydrolysis) is 2. The summed E-state index contributed by atoms with van der Waals surface area (Å²) in [6, 6.07) is 21.7. The number of carbonyl (C=O) groups excluding carboxylic acids is 4. The first-order chi connectivity index (χ1) is 31.6. The SMILES string of the molecule is COC[C@@H]1CCN(C(=O)[C@H](NC(=O)OC)c2ccccc2)[C@H](c2ncc(-c3ccc4c(c3)COc3cc5c(ccc6[nH]c([C@@H]7CC[C@@H]8CC(C)[C@H](NC(=O)OC)C(=O)N87)nc65)cc3-4)[nH]2)C1.[HH].[HH].[HH]. The van der Waals surface area contributed by atoms with Gasteiger partial charge < -0.3 is 49.3 Å². The molecule has 2 aromatic heterocycles. The van der Waals surface area contributed by atoms with E-state index in [1.807, 2.05) is 53.1 Å². The number of aromatic amines is 2. The monoisotopic (exact) mass is 886 g/mol. The van der Waals surface area contributed by atoms with Gasteiger partial charge in [0.25, 0.3) is 5.91 Å². The summed E-state index contributed by atoms with van der Waals surface area (Å²) < 4.78 is 21.7. The molecule has 3 saturated heterocycles. The van der Waals surface area contributed by atoms with Crippen LogP contribution in [0, 0.1) is 11.8 Å². The van der Waals surface area contributed by atoms with E-state index in [0.717, 1.165) is 87.0 Å². The number of H-pyrrole nitrogens is 2. The largest absolute Gasteiger partial charge is 0.488 e. The normalized spacial score (nSPS) is 23.0. The fourth-order valence-electron chi connectivity index (χ4n) is 10.6. The predicted octanol–water partition coefficient (Wildman–Crippen LogP) is 8.22. The van der Waals surface area contributed by atoms with Gasteiger partial charge in [0, 0.05) is 41.5 Å². The average molecular weight is 887 g/mol. The van der Waals surface area contributed by atoms with E-state index in [0.29, 0.717) is 37.6 Å². The molecule has 7 atom stereocenters. The van der Waals surface area contributed by atoms with E-state index in [1.165, 1.54) is 14.2 Å².